The lowest BCUT2D eigenvalue weighted by Gasteiger charge is -2.20. The fourth-order valence-electron chi connectivity index (χ4n) is 4.47. The molecule has 4 aromatic carbocycles. The maximum atomic E-state index is 9.77. The van der Waals surface area contributed by atoms with Crippen molar-refractivity contribution in [2.75, 3.05) is 19.8 Å². The Morgan fingerprint density at radius 3 is 2.40 bits per heavy atom. The molecule has 0 radical (unpaired) electrons. The molecule has 234 valence electrons. The molecule has 0 aliphatic carbocycles. The number of nitrogens with zero attached hydrogens (tertiary/aromatic N) is 1. The van der Waals surface area contributed by atoms with Crippen LogP contribution in [-0.4, -0.2) is 36.0 Å². The summed E-state index contributed by atoms with van der Waals surface area (Å²) < 4.78 is 23.7. The highest BCUT2D eigenvalue weighted by molar-refractivity contribution is 6.32. The largest absolute Gasteiger partial charge is 0.488 e. The van der Waals surface area contributed by atoms with Crippen molar-refractivity contribution in [1.82, 2.24) is 0 Å². The van der Waals surface area contributed by atoms with Crippen molar-refractivity contribution in [3.05, 3.63) is 106 Å². The van der Waals surface area contributed by atoms with Gasteiger partial charge in [0.05, 0.1) is 29.2 Å². The molecule has 10 heteroatoms. The molecule has 5 rings (SSSR count). The number of aliphatic carboxylic acids is 1. The number of benzene rings is 4. The van der Waals surface area contributed by atoms with Crippen molar-refractivity contribution in [2.24, 2.45) is 11.7 Å². The van der Waals surface area contributed by atoms with E-state index in [1.54, 1.807) is 24.3 Å². The summed E-state index contributed by atoms with van der Waals surface area (Å²) in [5, 5.41) is 25.8. The third kappa shape index (κ3) is 8.67. The van der Waals surface area contributed by atoms with Gasteiger partial charge in [-0.2, -0.15) is 5.26 Å². The summed E-state index contributed by atoms with van der Waals surface area (Å²) in [6.45, 7) is 5.24. The molecule has 0 aromatic heterocycles. The first kappa shape index (κ1) is 33.1. The summed E-state index contributed by atoms with van der Waals surface area (Å²) in [6.07, 6.45) is 0. The lowest BCUT2D eigenvalue weighted by molar-refractivity contribution is -0.142. The van der Waals surface area contributed by atoms with Crippen molar-refractivity contribution in [3.8, 4) is 40.2 Å². The first-order chi connectivity index (χ1) is 21.7. The topological polar surface area (TPSA) is 144 Å². The number of rotatable bonds is 10. The van der Waals surface area contributed by atoms with E-state index in [1.165, 1.54) is 6.92 Å². The Kier molecular flexibility index (Phi) is 11.7. The van der Waals surface area contributed by atoms with Crippen LogP contribution in [0.3, 0.4) is 0 Å². The fraction of sp³-hybridized carbons (Fsp3) is 0.257. The second kappa shape index (κ2) is 15.8. The van der Waals surface area contributed by atoms with Crippen LogP contribution in [0.15, 0.2) is 72.8 Å². The van der Waals surface area contributed by atoms with Gasteiger partial charge in [0.25, 0.3) is 0 Å². The SMILES string of the molecule is C[C@@H](CO)C(=O)O.Cc1c(COc2cc(OCc3cccc(C#N)c3)c(CN)cc2Cl)cccc1-c1ccc2c(c1)OCCO2. The quantitative estimate of drug-likeness (QED) is 0.184. The minimum Gasteiger partial charge on any atom is -0.488 e. The number of carboxylic acid groups (broad SMARTS) is 1. The highest BCUT2D eigenvalue weighted by Gasteiger charge is 2.16. The number of aliphatic hydroxyl groups excluding tert-OH is 1. The second-order valence-electron chi connectivity index (χ2n) is 10.4. The van der Waals surface area contributed by atoms with E-state index in [2.05, 4.69) is 19.1 Å². The van der Waals surface area contributed by atoms with Crippen molar-refractivity contribution in [3.63, 3.8) is 0 Å². The third-order valence-electron chi connectivity index (χ3n) is 7.16. The molecule has 0 amide bonds. The van der Waals surface area contributed by atoms with Crippen LogP contribution in [0.4, 0.5) is 0 Å². The molecule has 45 heavy (non-hydrogen) atoms. The summed E-state index contributed by atoms with van der Waals surface area (Å²) >= 11 is 6.54. The van der Waals surface area contributed by atoms with Gasteiger partial charge in [0.15, 0.2) is 11.5 Å². The van der Waals surface area contributed by atoms with E-state index in [0.29, 0.717) is 48.5 Å². The van der Waals surface area contributed by atoms with Crippen molar-refractivity contribution in [1.29, 1.82) is 5.26 Å². The van der Waals surface area contributed by atoms with E-state index >= 15 is 0 Å². The molecule has 0 spiro atoms. The predicted octanol–water partition coefficient (Wildman–Crippen LogP) is 6.27. The molecule has 0 bridgehead atoms. The van der Waals surface area contributed by atoms with E-state index in [1.807, 2.05) is 42.5 Å². The third-order valence-corrected chi connectivity index (χ3v) is 7.46. The van der Waals surface area contributed by atoms with Gasteiger partial charge in [-0.1, -0.05) is 48.0 Å². The number of aliphatic hydroxyl groups is 1. The zero-order chi connectivity index (χ0) is 32.3. The number of halogens is 1. The first-order valence-corrected chi connectivity index (χ1v) is 14.7. The lowest BCUT2D eigenvalue weighted by Crippen LogP contribution is -2.15. The minimum absolute atomic E-state index is 0.268. The Morgan fingerprint density at radius 1 is 0.978 bits per heavy atom. The van der Waals surface area contributed by atoms with Crippen molar-refractivity contribution in [2.45, 2.75) is 33.6 Å². The van der Waals surface area contributed by atoms with Gasteiger partial charge >= 0.3 is 5.97 Å². The van der Waals surface area contributed by atoms with Gasteiger partial charge in [-0.15, -0.1) is 0 Å². The summed E-state index contributed by atoms with van der Waals surface area (Å²) in [6, 6.07) is 25.1. The predicted molar refractivity (Wildman–Crippen MR) is 171 cm³/mol. The second-order valence-corrected chi connectivity index (χ2v) is 10.8. The smallest absolute Gasteiger partial charge is 0.308 e. The van der Waals surface area contributed by atoms with Gasteiger partial charge in [-0.3, -0.25) is 4.79 Å². The van der Waals surface area contributed by atoms with E-state index in [-0.39, 0.29) is 13.2 Å². The normalized spacial score (nSPS) is 12.3. The van der Waals surface area contributed by atoms with Crippen molar-refractivity contribution < 1.29 is 34.0 Å². The van der Waals surface area contributed by atoms with Crippen LogP contribution >= 0.6 is 11.6 Å². The summed E-state index contributed by atoms with van der Waals surface area (Å²) in [4.78, 5) is 9.77. The molecule has 1 heterocycles. The Balaban J connectivity index is 0.000000591. The average Bonchev–Trinajstić information content (AvgIpc) is 3.07. The van der Waals surface area contributed by atoms with E-state index < -0.39 is 11.9 Å². The molecular formula is C35H35ClN2O7. The van der Waals surface area contributed by atoms with Crippen LogP contribution in [-0.2, 0) is 24.6 Å². The molecule has 4 aromatic rings. The van der Waals surface area contributed by atoms with Crippen LogP contribution in [0.25, 0.3) is 11.1 Å². The zero-order valence-electron chi connectivity index (χ0n) is 25.1. The Morgan fingerprint density at radius 2 is 1.71 bits per heavy atom. The number of nitriles is 1. The van der Waals surface area contributed by atoms with E-state index in [9.17, 15) is 4.79 Å². The number of hydrogen-bond acceptors (Lipinski definition) is 8. The van der Waals surface area contributed by atoms with Gasteiger partial charge in [0, 0.05) is 18.2 Å². The summed E-state index contributed by atoms with van der Waals surface area (Å²) in [5.41, 5.74) is 12.5. The monoisotopic (exact) mass is 630 g/mol. The van der Waals surface area contributed by atoms with Crippen LogP contribution < -0.4 is 24.7 Å². The number of hydrogen-bond donors (Lipinski definition) is 3. The van der Waals surface area contributed by atoms with Crippen LogP contribution in [0.2, 0.25) is 5.02 Å². The summed E-state index contributed by atoms with van der Waals surface area (Å²) in [5.74, 6) is 1.05. The van der Waals surface area contributed by atoms with Crippen molar-refractivity contribution >= 4 is 17.6 Å². The highest BCUT2D eigenvalue weighted by Crippen LogP contribution is 2.37. The molecule has 0 saturated carbocycles. The molecule has 0 unspecified atom stereocenters. The molecular weight excluding hydrogens is 596 g/mol. The lowest BCUT2D eigenvalue weighted by atomic mass is 9.96. The standard InChI is InChI=1S/C31H27ClN2O4.C4H8O3/c1-20-24(6-3-7-26(20)23-8-9-28-31(14-23)36-11-10-35-28)19-38-30-15-29(25(17-34)13-27(30)32)37-18-22-5-2-4-21(12-22)16-33;1-3(2-5)4(6)7/h2-9,12-15H,10-11,17-19,34H2,1H3;3,5H,2H2,1H3,(H,6,7)/t;3-/m.0/s1. The number of nitrogens with two attached hydrogens (primary N) is 1. The Bertz CT molecular complexity index is 1690. The van der Waals surface area contributed by atoms with Gasteiger partial charge in [0.2, 0.25) is 0 Å². The highest BCUT2D eigenvalue weighted by atomic mass is 35.5. The minimum atomic E-state index is -0.956. The van der Waals surface area contributed by atoms with Crippen LogP contribution in [0.1, 0.15) is 34.7 Å². The molecule has 0 saturated heterocycles. The molecule has 1 aliphatic heterocycles. The number of carboxylic acids is 1. The summed E-state index contributed by atoms with van der Waals surface area (Å²) in [7, 11) is 0. The molecule has 4 N–H and O–H groups in total. The van der Waals surface area contributed by atoms with E-state index in [4.69, 9.17) is 51.8 Å². The fourth-order valence-corrected chi connectivity index (χ4v) is 4.71. The maximum absolute atomic E-state index is 9.77. The van der Waals surface area contributed by atoms with Gasteiger partial charge in [-0.05, 0) is 72.0 Å². The molecule has 1 atom stereocenters. The number of fused-ring (bicyclic) bond motifs is 1. The maximum Gasteiger partial charge on any atom is 0.308 e. The Labute approximate surface area is 267 Å². The van der Waals surface area contributed by atoms with E-state index in [0.717, 1.165) is 44.9 Å². The molecule has 0 fully saturated rings. The van der Waals surface area contributed by atoms with Gasteiger partial charge in [0.1, 0.15) is 37.9 Å². The first-order valence-electron chi connectivity index (χ1n) is 14.3. The molecule has 9 nitrogen and oxygen atoms in total. The number of carbonyl (C=O) groups is 1. The zero-order valence-corrected chi connectivity index (χ0v) is 25.8. The van der Waals surface area contributed by atoms with Crippen LogP contribution in [0, 0.1) is 24.2 Å². The molecule has 1 aliphatic rings. The average molecular weight is 631 g/mol. The van der Waals surface area contributed by atoms with Gasteiger partial charge in [-0.25, -0.2) is 0 Å². The van der Waals surface area contributed by atoms with Crippen LogP contribution in [0.5, 0.6) is 23.0 Å². The van der Waals surface area contributed by atoms with Gasteiger partial charge < -0.3 is 34.9 Å². The number of ether oxygens (including phenoxy) is 4. The Hall–Kier alpha value is -4.75.